The number of unbranched alkanes of at least 4 members (excludes halogenated alkanes) is 8. The molecule has 35 heavy (non-hydrogen) atoms. The van der Waals surface area contributed by atoms with Crippen LogP contribution in [-0.2, 0) is 4.79 Å². The molecule has 5 N–H and O–H groups in total. The summed E-state index contributed by atoms with van der Waals surface area (Å²) in [4.78, 5) is 12.3. The molecule has 6 nitrogen and oxygen atoms in total. The zero-order valence-corrected chi connectivity index (χ0v) is 22.3. The van der Waals surface area contributed by atoms with Gasteiger partial charge >= 0.3 is 0 Å². The molecule has 0 radical (unpaired) electrons. The Morgan fingerprint density at radius 3 is 1.91 bits per heavy atom. The van der Waals surface area contributed by atoms with Gasteiger partial charge in [0.15, 0.2) is 0 Å². The summed E-state index contributed by atoms with van der Waals surface area (Å²) in [6.45, 7) is 3.79. The number of carbonyl (C=O) groups is 1. The van der Waals surface area contributed by atoms with Crippen LogP contribution in [-0.4, -0.2) is 57.3 Å². The van der Waals surface area contributed by atoms with Crippen molar-refractivity contribution in [3.63, 3.8) is 0 Å². The van der Waals surface area contributed by atoms with Crippen LogP contribution in [0.2, 0.25) is 0 Å². The first-order valence-corrected chi connectivity index (χ1v) is 13.9. The number of nitrogens with one attached hydrogen (secondary N) is 1. The van der Waals surface area contributed by atoms with Crippen LogP contribution in [0.3, 0.4) is 0 Å². The van der Waals surface area contributed by atoms with Crippen LogP contribution < -0.4 is 5.32 Å². The topological polar surface area (TPSA) is 110 Å². The van der Waals surface area contributed by atoms with E-state index in [1.807, 2.05) is 0 Å². The van der Waals surface area contributed by atoms with E-state index < -0.39 is 36.9 Å². The summed E-state index contributed by atoms with van der Waals surface area (Å²) in [5, 5.41) is 42.8. The average Bonchev–Trinajstić information content (AvgIpc) is 2.86. The van der Waals surface area contributed by atoms with Crippen molar-refractivity contribution in [3.8, 4) is 0 Å². The maximum atomic E-state index is 12.3. The van der Waals surface area contributed by atoms with Crippen LogP contribution in [0, 0.1) is 0 Å². The Morgan fingerprint density at radius 1 is 0.714 bits per heavy atom. The van der Waals surface area contributed by atoms with Gasteiger partial charge in [-0.15, -0.1) is 0 Å². The normalized spacial score (nSPS) is 15.7. The van der Waals surface area contributed by atoms with Gasteiger partial charge in [0, 0.05) is 0 Å². The summed E-state index contributed by atoms with van der Waals surface area (Å²) in [5.41, 5.74) is 0. The van der Waals surface area contributed by atoms with E-state index in [1.54, 1.807) is 0 Å². The summed E-state index contributed by atoms with van der Waals surface area (Å²) < 4.78 is 0. The zero-order chi connectivity index (χ0) is 26.2. The monoisotopic (exact) mass is 495 g/mol. The van der Waals surface area contributed by atoms with Gasteiger partial charge in [0.2, 0.25) is 5.91 Å². The third kappa shape index (κ3) is 19.4. The summed E-state index contributed by atoms with van der Waals surface area (Å²) >= 11 is 0. The first-order chi connectivity index (χ1) is 17.0. The van der Waals surface area contributed by atoms with Crippen molar-refractivity contribution in [2.45, 2.75) is 135 Å². The van der Waals surface area contributed by atoms with E-state index in [2.05, 4.69) is 55.6 Å². The van der Waals surface area contributed by atoms with E-state index in [1.165, 1.54) is 12.8 Å². The van der Waals surface area contributed by atoms with Gasteiger partial charge in [-0.25, -0.2) is 0 Å². The van der Waals surface area contributed by atoms with Crippen molar-refractivity contribution in [2.24, 2.45) is 0 Å². The molecule has 4 unspecified atom stereocenters. The predicted molar refractivity (Wildman–Crippen MR) is 145 cm³/mol. The van der Waals surface area contributed by atoms with Crippen LogP contribution in [0.5, 0.6) is 0 Å². The molecule has 0 aliphatic heterocycles. The van der Waals surface area contributed by atoms with Crippen molar-refractivity contribution < 1.29 is 25.2 Å². The minimum atomic E-state index is -1.29. The van der Waals surface area contributed by atoms with Crippen LogP contribution >= 0.6 is 0 Å². The van der Waals surface area contributed by atoms with Crippen LogP contribution in [0.25, 0.3) is 0 Å². The number of allylic oxidation sites excluding steroid dienone is 6. The fraction of sp³-hybridized carbons (Fsp3) is 0.759. The highest BCUT2D eigenvalue weighted by atomic mass is 16.3. The molecule has 0 bridgehead atoms. The number of rotatable bonds is 23. The fourth-order valence-electron chi connectivity index (χ4n) is 3.76. The number of aliphatic hydroxyl groups is 4. The number of carbonyl (C=O) groups excluding carboxylic acids is 1. The van der Waals surface area contributed by atoms with Gasteiger partial charge in [-0.1, -0.05) is 82.4 Å². The smallest absolute Gasteiger partial charge is 0.249 e. The van der Waals surface area contributed by atoms with Crippen molar-refractivity contribution in [2.75, 3.05) is 6.61 Å². The summed E-state index contributed by atoms with van der Waals surface area (Å²) in [6, 6.07) is -1.01. The Hall–Kier alpha value is -1.47. The lowest BCUT2D eigenvalue weighted by molar-refractivity contribution is -0.132. The SMILES string of the molecule is CC/C=C/CC/C=C/CCCC(O)C(O)C(CO)NC(=O)C(O)CCCCCC/C=C\CCCC. The predicted octanol–water partition coefficient (Wildman–Crippen LogP) is 5.11. The third-order valence-electron chi connectivity index (χ3n) is 6.06. The summed E-state index contributed by atoms with van der Waals surface area (Å²) in [5.74, 6) is -0.616. The minimum absolute atomic E-state index is 0.343. The maximum absolute atomic E-state index is 12.3. The Kier molecular flexibility index (Phi) is 23.2. The molecule has 0 aliphatic rings. The molecule has 0 aliphatic carbocycles. The minimum Gasteiger partial charge on any atom is -0.394 e. The zero-order valence-electron chi connectivity index (χ0n) is 22.3. The van der Waals surface area contributed by atoms with Crippen molar-refractivity contribution >= 4 is 5.91 Å². The van der Waals surface area contributed by atoms with Crippen LogP contribution in [0.4, 0.5) is 0 Å². The van der Waals surface area contributed by atoms with E-state index in [0.717, 1.165) is 64.2 Å². The summed E-state index contributed by atoms with van der Waals surface area (Å²) in [7, 11) is 0. The molecule has 0 spiro atoms. The highest BCUT2D eigenvalue weighted by molar-refractivity contribution is 5.80. The number of hydrogen-bond acceptors (Lipinski definition) is 5. The van der Waals surface area contributed by atoms with Gasteiger partial charge in [-0.2, -0.15) is 0 Å². The van der Waals surface area contributed by atoms with Crippen molar-refractivity contribution in [3.05, 3.63) is 36.5 Å². The molecule has 0 saturated carbocycles. The molecule has 4 atom stereocenters. The lowest BCUT2D eigenvalue weighted by atomic mass is 10.00. The second-order valence-electron chi connectivity index (χ2n) is 9.34. The Morgan fingerprint density at radius 2 is 1.29 bits per heavy atom. The molecular weight excluding hydrogens is 442 g/mol. The average molecular weight is 496 g/mol. The van der Waals surface area contributed by atoms with Gasteiger partial charge in [0.1, 0.15) is 12.2 Å². The molecule has 0 aromatic carbocycles. The quantitative estimate of drug-likeness (QED) is 0.1000. The Labute approximate surface area is 214 Å². The van der Waals surface area contributed by atoms with Crippen molar-refractivity contribution in [1.29, 1.82) is 0 Å². The highest BCUT2D eigenvalue weighted by Gasteiger charge is 2.28. The molecule has 0 heterocycles. The number of aliphatic hydroxyl groups excluding tert-OH is 4. The Balaban J connectivity index is 4.07. The van der Waals surface area contributed by atoms with Crippen LogP contribution in [0.1, 0.15) is 110 Å². The molecule has 204 valence electrons. The Bertz CT molecular complexity index is 575. The number of amides is 1. The molecule has 6 heteroatoms. The molecule has 0 aromatic rings. The molecule has 0 aromatic heterocycles. The highest BCUT2D eigenvalue weighted by Crippen LogP contribution is 2.12. The van der Waals surface area contributed by atoms with Crippen LogP contribution in [0.15, 0.2) is 36.5 Å². The summed E-state index contributed by atoms with van der Waals surface area (Å²) in [6.07, 6.45) is 23.2. The van der Waals surface area contributed by atoms with Crippen molar-refractivity contribution in [1.82, 2.24) is 5.32 Å². The maximum Gasteiger partial charge on any atom is 0.249 e. The molecule has 1 amide bonds. The molecule has 0 fully saturated rings. The van der Waals surface area contributed by atoms with Gasteiger partial charge in [-0.05, 0) is 64.2 Å². The fourth-order valence-corrected chi connectivity index (χ4v) is 3.76. The van der Waals surface area contributed by atoms with Gasteiger partial charge in [-0.3, -0.25) is 4.79 Å². The third-order valence-corrected chi connectivity index (χ3v) is 6.06. The van der Waals surface area contributed by atoms with Gasteiger partial charge < -0.3 is 25.7 Å². The lowest BCUT2D eigenvalue weighted by Gasteiger charge is -2.27. The first-order valence-electron chi connectivity index (χ1n) is 13.9. The second-order valence-corrected chi connectivity index (χ2v) is 9.34. The van der Waals surface area contributed by atoms with E-state index >= 15 is 0 Å². The second kappa shape index (κ2) is 24.2. The molecular formula is C29H53NO5. The standard InChI is InChI=1S/C29H53NO5/c1-3-5-7-9-11-13-15-17-19-21-23-27(33)29(35)30-25(24-31)28(34)26(32)22-20-18-16-14-12-10-8-6-4-2/h6,8-9,11,14,16,25-28,31-34H,3-5,7,10,12-13,15,17-24H2,1-2H3,(H,30,35)/b8-6+,11-9-,16-14+. The largest absolute Gasteiger partial charge is 0.394 e. The number of hydrogen-bond donors (Lipinski definition) is 5. The van der Waals surface area contributed by atoms with E-state index in [9.17, 15) is 25.2 Å². The first kappa shape index (κ1) is 33.5. The molecule has 0 saturated heterocycles. The van der Waals surface area contributed by atoms with E-state index in [4.69, 9.17) is 0 Å². The van der Waals surface area contributed by atoms with Gasteiger partial charge in [0.05, 0.1) is 18.8 Å². The lowest BCUT2D eigenvalue weighted by Crippen LogP contribution is -2.53. The van der Waals surface area contributed by atoms with E-state index in [-0.39, 0.29) is 0 Å². The van der Waals surface area contributed by atoms with E-state index in [0.29, 0.717) is 19.3 Å². The van der Waals surface area contributed by atoms with Gasteiger partial charge in [0.25, 0.3) is 0 Å². The molecule has 0 rings (SSSR count).